The van der Waals surface area contributed by atoms with Gasteiger partial charge in [0.05, 0.1) is 12.6 Å². The van der Waals surface area contributed by atoms with Crippen molar-refractivity contribution in [1.29, 1.82) is 0 Å². The number of nitrogens with zero attached hydrogens (tertiary/aromatic N) is 1. The third-order valence-corrected chi connectivity index (χ3v) is 4.84. The Bertz CT molecular complexity index is 772. The monoisotopic (exact) mass is 340 g/mol. The van der Waals surface area contributed by atoms with Crippen molar-refractivity contribution in [2.45, 2.75) is 12.1 Å². The number of hydrogen-bond donors (Lipinski definition) is 1. The molecular formula is C19H20N2O4. The zero-order valence-electron chi connectivity index (χ0n) is 14.0. The van der Waals surface area contributed by atoms with E-state index in [4.69, 9.17) is 14.5 Å². The molecule has 4 rings (SSSR count). The highest BCUT2D eigenvalue weighted by Gasteiger charge is 2.40. The van der Waals surface area contributed by atoms with E-state index in [-0.39, 0.29) is 12.6 Å². The molecule has 0 spiro atoms. The van der Waals surface area contributed by atoms with E-state index in [1.807, 2.05) is 53.4 Å². The van der Waals surface area contributed by atoms with Gasteiger partial charge in [-0.2, -0.15) is 0 Å². The molecule has 0 saturated carbocycles. The minimum atomic E-state index is -0.499. The summed E-state index contributed by atoms with van der Waals surface area (Å²) in [6, 6.07) is 15.6. The highest BCUT2D eigenvalue weighted by molar-refractivity contribution is 5.98. The fourth-order valence-electron chi connectivity index (χ4n) is 3.48. The van der Waals surface area contributed by atoms with Crippen LogP contribution in [-0.2, 0) is 21.9 Å². The maximum absolute atomic E-state index is 12.8. The van der Waals surface area contributed by atoms with Gasteiger partial charge in [0, 0.05) is 18.7 Å². The molecule has 130 valence electrons. The third-order valence-electron chi connectivity index (χ3n) is 4.84. The van der Waals surface area contributed by atoms with Crippen LogP contribution >= 0.6 is 0 Å². The molecule has 1 saturated heterocycles. The number of ether oxygens (including phenoxy) is 1. The lowest BCUT2D eigenvalue weighted by Gasteiger charge is -2.40. The van der Waals surface area contributed by atoms with Gasteiger partial charge in [-0.05, 0) is 29.3 Å². The molecular weight excluding hydrogens is 320 g/mol. The molecule has 6 nitrogen and oxygen atoms in total. The average Bonchev–Trinajstić information content (AvgIpc) is 2.98. The molecule has 0 radical (unpaired) electrons. The van der Waals surface area contributed by atoms with Gasteiger partial charge in [-0.3, -0.25) is 10.1 Å². The van der Waals surface area contributed by atoms with Crippen LogP contribution in [0.1, 0.15) is 21.5 Å². The van der Waals surface area contributed by atoms with Crippen LogP contribution in [0.25, 0.3) is 0 Å². The van der Waals surface area contributed by atoms with Crippen LogP contribution in [0.4, 0.5) is 0 Å². The second kappa shape index (κ2) is 6.48. The van der Waals surface area contributed by atoms with Crippen LogP contribution in [0.2, 0.25) is 0 Å². The van der Waals surface area contributed by atoms with E-state index in [1.54, 1.807) is 7.11 Å². The zero-order valence-corrected chi connectivity index (χ0v) is 14.0. The molecule has 0 aliphatic carbocycles. The van der Waals surface area contributed by atoms with E-state index in [0.717, 1.165) is 22.4 Å². The Kier molecular flexibility index (Phi) is 4.17. The van der Waals surface area contributed by atoms with E-state index in [2.05, 4.69) is 5.32 Å². The van der Waals surface area contributed by atoms with Crippen molar-refractivity contribution in [3.8, 4) is 5.75 Å². The molecule has 1 amide bonds. The Morgan fingerprint density at radius 2 is 2.04 bits per heavy atom. The Morgan fingerprint density at radius 3 is 2.76 bits per heavy atom. The largest absolute Gasteiger partial charge is 0.497 e. The minimum absolute atomic E-state index is 0.0289. The first-order valence-corrected chi connectivity index (χ1v) is 8.23. The quantitative estimate of drug-likeness (QED) is 0.864. The maximum atomic E-state index is 12.8. The van der Waals surface area contributed by atoms with E-state index >= 15 is 0 Å². The van der Waals surface area contributed by atoms with Gasteiger partial charge < -0.3 is 9.64 Å². The molecule has 2 aromatic carbocycles. The lowest BCUT2D eigenvalue weighted by molar-refractivity contribution is -0.339. The topological polar surface area (TPSA) is 60.0 Å². The Hall–Kier alpha value is -2.41. The summed E-state index contributed by atoms with van der Waals surface area (Å²) < 4.78 is 5.27. The van der Waals surface area contributed by atoms with Crippen LogP contribution in [0.5, 0.6) is 5.75 Å². The lowest BCUT2D eigenvalue weighted by Crippen LogP contribution is -2.57. The molecule has 2 aliphatic heterocycles. The molecule has 1 N–H and O–H groups in total. The third kappa shape index (κ3) is 2.89. The molecule has 25 heavy (non-hydrogen) atoms. The molecule has 0 unspecified atom stereocenters. The number of hydrogen-bond acceptors (Lipinski definition) is 5. The van der Waals surface area contributed by atoms with Gasteiger partial charge in [0.2, 0.25) is 0 Å². The number of rotatable bonds is 4. The van der Waals surface area contributed by atoms with Crippen molar-refractivity contribution in [2.24, 2.45) is 0 Å². The predicted octanol–water partition coefficient (Wildman–Crippen LogP) is 2.06. The van der Waals surface area contributed by atoms with Gasteiger partial charge in [0.25, 0.3) is 5.91 Å². The van der Waals surface area contributed by atoms with E-state index in [9.17, 15) is 4.79 Å². The summed E-state index contributed by atoms with van der Waals surface area (Å²) in [4.78, 5) is 25.0. The van der Waals surface area contributed by atoms with E-state index in [0.29, 0.717) is 19.7 Å². The van der Waals surface area contributed by atoms with E-state index < -0.39 is 5.54 Å². The highest BCUT2D eigenvalue weighted by Crippen LogP contribution is 2.31. The van der Waals surface area contributed by atoms with Crippen LogP contribution in [0, 0.1) is 0 Å². The standard InChI is InChI=1S/C19H20N2O4/c1-23-16-7-8-17-14(9-16)10-21(18(17)22)11-19(12-24-25-13-20-19)15-5-3-2-4-6-15/h2-9,20H,10-13H2,1H3/t19-/m1/s1. The number of benzene rings is 2. The number of fused-ring (bicyclic) bond motifs is 1. The van der Waals surface area contributed by atoms with Crippen molar-refractivity contribution in [2.75, 3.05) is 27.0 Å². The SMILES string of the molecule is COc1ccc2c(c1)CN(C[C@]1(c3ccccc3)COOCN1)C2=O. The maximum Gasteiger partial charge on any atom is 0.254 e. The first kappa shape index (κ1) is 16.1. The predicted molar refractivity (Wildman–Crippen MR) is 90.9 cm³/mol. The molecule has 0 aromatic heterocycles. The van der Waals surface area contributed by atoms with Crippen molar-refractivity contribution in [3.05, 3.63) is 65.2 Å². The second-order valence-corrected chi connectivity index (χ2v) is 6.33. The van der Waals surface area contributed by atoms with Crippen molar-refractivity contribution < 1.29 is 19.3 Å². The molecule has 0 bridgehead atoms. The van der Waals surface area contributed by atoms with Gasteiger partial charge in [-0.25, -0.2) is 9.78 Å². The smallest absolute Gasteiger partial charge is 0.254 e. The summed E-state index contributed by atoms with van der Waals surface area (Å²) in [5, 5.41) is 3.38. The fourth-order valence-corrected chi connectivity index (χ4v) is 3.48. The van der Waals surface area contributed by atoms with Gasteiger partial charge in [-0.15, -0.1) is 0 Å². The number of carbonyl (C=O) groups excluding carboxylic acids is 1. The van der Waals surface area contributed by atoms with Crippen molar-refractivity contribution >= 4 is 5.91 Å². The molecule has 2 aliphatic rings. The van der Waals surface area contributed by atoms with Crippen LogP contribution in [0.15, 0.2) is 48.5 Å². The summed E-state index contributed by atoms with van der Waals surface area (Å²) in [6.07, 6.45) is 0. The van der Waals surface area contributed by atoms with E-state index in [1.165, 1.54) is 0 Å². The van der Waals surface area contributed by atoms with Crippen molar-refractivity contribution in [3.63, 3.8) is 0 Å². The molecule has 6 heteroatoms. The number of amides is 1. The first-order chi connectivity index (χ1) is 12.2. The number of nitrogens with one attached hydrogen (secondary N) is 1. The molecule has 1 fully saturated rings. The summed E-state index contributed by atoms with van der Waals surface area (Å²) in [7, 11) is 1.63. The second-order valence-electron chi connectivity index (χ2n) is 6.33. The van der Waals surface area contributed by atoms with Gasteiger partial charge in [0.1, 0.15) is 19.1 Å². The van der Waals surface area contributed by atoms with Crippen LogP contribution < -0.4 is 10.1 Å². The zero-order chi connectivity index (χ0) is 17.3. The van der Waals surface area contributed by atoms with Crippen LogP contribution in [-0.4, -0.2) is 37.8 Å². The Labute approximate surface area is 146 Å². The summed E-state index contributed by atoms with van der Waals surface area (Å²) >= 11 is 0. The fraction of sp³-hybridized carbons (Fsp3) is 0.316. The summed E-state index contributed by atoms with van der Waals surface area (Å²) in [5.41, 5.74) is 2.29. The molecule has 2 heterocycles. The first-order valence-electron chi connectivity index (χ1n) is 8.23. The summed E-state index contributed by atoms with van der Waals surface area (Å²) in [6.45, 7) is 1.66. The number of methoxy groups -OCH3 is 1. The van der Waals surface area contributed by atoms with Crippen LogP contribution in [0.3, 0.4) is 0 Å². The van der Waals surface area contributed by atoms with Gasteiger partial charge >= 0.3 is 0 Å². The lowest BCUT2D eigenvalue weighted by atomic mass is 9.90. The highest BCUT2D eigenvalue weighted by atomic mass is 17.2. The normalized spacial score (nSPS) is 22.8. The Balaban J connectivity index is 1.62. The number of carbonyl (C=O) groups is 1. The van der Waals surface area contributed by atoms with Gasteiger partial charge in [0.15, 0.2) is 0 Å². The van der Waals surface area contributed by atoms with Gasteiger partial charge in [-0.1, -0.05) is 30.3 Å². The van der Waals surface area contributed by atoms with Crippen molar-refractivity contribution in [1.82, 2.24) is 10.2 Å². The summed E-state index contributed by atoms with van der Waals surface area (Å²) in [5.74, 6) is 0.792. The Morgan fingerprint density at radius 1 is 1.20 bits per heavy atom. The average molecular weight is 340 g/mol. The molecule has 2 aromatic rings. The minimum Gasteiger partial charge on any atom is -0.497 e. The molecule has 1 atom stereocenters.